The Morgan fingerprint density at radius 1 is 1.06 bits per heavy atom. The Balaban J connectivity index is 1.96. The van der Waals surface area contributed by atoms with Crippen molar-refractivity contribution in [2.45, 2.75) is 44.4 Å². The van der Waals surface area contributed by atoms with E-state index in [-0.39, 0.29) is 5.82 Å². The minimum absolute atomic E-state index is 0.137. The van der Waals surface area contributed by atoms with Crippen LogP contribution in [0.4, 0.5) is 4.39 Å². The molecule has 0 aliphatic heterocycles. The number of aromatic nitrogens is 1. The SMILES string of the molecule is Fc1cccc2cc(C3CCCCCC3)[nH]c12. The van der Waals surface area contributed by atoms with E-state index in [1.165, 1.54) is 50.3 Å². The third-order valence-electron chi connectivity index (χ3n) is 3.92. The number of halogens is 1. The van der Waals surface area contributed by atoms with Crippen molar-refractivity contribution >= 4 is 10.9 Å². The first-order valence-electron chi connectivity index (χ1n) is 6.62. The van der Waals surface area contributed by atoms with Crippen LogP contribution in [0.3, 0.4) is 0 Å². The van der Waals surface area contributed by atoms with Gasteiger partial charge in [0.1, 0.15) is 5.82 Å². The Morgan fingerprint density at radius 3 is 2.53 bits per heavy atom. The molecule has 1 aliphatic carbocycles. The van der Waals surface area contributed by atoms with E-state index in [9.17, 15) is 4.39 Å². The maximum absolute atomic E-state index is 13.6. The fourth-order valence-electron chi connectivity index (χ4n) is 2.95. The van der Waals surface area contributed by atoms with Crippen molar-refractivity contribution in [2.24, 2.45) is 0 Å². The molecule has 2 heteroatoms. The molecule has 1 nitrogen and oxygen atoms in total. The number of hydrogen-bond acceptors (Lipinski definition) is 0. The molecule has 1 N–H and O–H groups in total. The first kappa shape index (κ1) is 10.8. The van der Waals surface area contributed by atoms with Crippen LogP contribution in [-0.4, -0.2) is 4.98 Å². The van der Waals surface area contributed by atoms with Gasteiger partial charge in [0.25, 0.3) is 0 Å². The van der Waals surface area contributed by atoms with E-state index in [0.717, 1.165) is 5.39 Å². The summed E-state index contributed by atoms with van der Waals surface area (Å²) in [5.74, 6) is 0.465. The largest absolute Gasteiger partial charge is 0.356 e. The normalized spacial score (nSPS) is 18.4. The first-order chi connectivity index (χ1) is 8.34. The van der Waals surface area contributed by atoms with Gasteiger partial charge < -0.3 is 4.98 Å². The fourth-order valence-corrected chi connectivity index (χ4v) is 2.95. The summed E-state index contributed by atoms with van der Waals surface area (Å²) in [5, 5.41) is 1.00. The number of para-hydroxylation sites is 1. The lowest BCUT2D eigenvalue weighted by Crippen LogP contribution is -1.97. The highest BCUT2D eigenvalue weighted by Gasteiger charge is 2.17. The van der Waals surface area contributed by atoms with Gasteiger partial charge in [0.15, 0.2) is 0 Å². The second kappa shape index (κ2) is 4.52. The Bertz CT molecular complexity index is 507. The first-order valence-corrected chi connectivity index (χ1v) is 6.62. The zero-order chi connectivity index (χ0) is 11.7. The van der Waals surface area contributed by atoms with E-state index >= 15 is 0 Å². The fraction of sp³-hybridized carbons (Fsp3) is 0.467. The summed E-state index contributed by atoms with van der Waals surface area (Å²) in [6.45, 7) is 0. The molecule has 1 fully saturated rings. The van der Waals surface area contributed by atoms with E-state index in [1.54, 1.807) is 6.07 Å². The lowest BCUT2D eigenvalue weighted by atomic mass is 9.97. The number of fused-ring (bicyclic) bond motifs is 1. The molecule has 1 aliphatic rings. The van der Waals surface area contributed by atoms with Gasteiger partial charge in [-0.1, -0.05) is 37.8 Å². The van der Waals surface area contributed by atoms with Gasteiger partial charge in [-0.05, 0) is 30.9 Å². The molecule has 0 unspecified atom stereocenters. The van der Waals surface area contributed by atoms with Crippen LogP contribution >= 0.6 is 0 Å². The molecule has 2 aromatic rings. The Kier molecular flexibility index (Phi) is 2.87. The third-order valence-corrected chi connectivity index (χ3v) is 3.92. The molecule has 17 heavy (non-hydrogen) atoms. The third kappa shape index (κ3) is 2.08. The average Bonchev–Trinajstić information content (AvgIpc) is 2.59. The maximum atomic E-state index is 13.6. The van der Waals surface area contributed by atoms with Crippen molar-refractivity contribution in [1.82, 2.24) is 4.98 Å². The Hall–Kier alpha value is -1.31. The number of benzene rings is 1. The van der Waals surface area contributed by atoms with E-state index < -0.39 is 0 Å². The molecule has 0 spiro atoms. The number of aromatic amines is 1. The van der Waals surface area contributed by atoms with E-state index in [2.05, 4.69) is 11.1 Å². The zero-order valence-electron chi connectivity index (χ0n) is 10.0. The van der Waals surface area contributed by atoms with Gasteiger partial charge in [-0.3, -0.25) is 0 Å². The van der Waals surface area contributed by atoms with Gasteiger partial charge in [0.05, 0.1) is 5.52 Å². The molecular weight excluding hydrogens is 213 g/mol. The standard InChI is InChI=1S/C15H18FN/c16-13-9-5-8-12-10-14(17-15(12)13)11-6-3-1-2-4-7-11/h5,8-11,17H,1-4,6-7H2. The lowest BCUT2D eigenvalue weighted by Gasteiger charge is -2.11. The molecule has 0 bridgehead atoms. The van der Waals surface area contributed by atoms with Gasteiger partial charge >= 0.3 is 0 Å². The summed E-state index contributed by atoms with van der Waals surface area (Å²) in [7, 11) is 0. The minimum atomic E-state index is -0.137. The number of H-pyrrole nitrogens is 1. The average molecular weight is 231 g/mol. The second-order valence-electron chi connectivity index (χ2n) is 5.12. The molecule has 1 aromatic carbocycles. The number of rotatable bonds is 1. The topological polar surface area (TPSA) is 15.8 Å². The molecular formula is C15H18FN. The Labute approximate surface area is 101 Å². The molecule has 1 aromatic heterocycles. The highest BCUT2D eigenvalue weighted by Crippen LogP contribution is 2.33. The van der Waals surface area contributed by atoms with Crippen LogP contribution in [0.1, 0.15) is 50.1 Å². The second-order valence-corrected chi connectivity index (χ2v) is 5.12. The summed E-state index contributed by atoms with van der Waals surface area (Å²) < 4.78 is 13.6. The number of hydrogen-bond donors (Lipinski definition) is 1. The van der Waals surface area contributed by atoms with Crippen molar-refractivity contribution < 1.29 is 4.39 Å². The summed E-state index contributed by atoms with van der Waals surface area (Å²) in [6.07, 6.45) is 7.81. The predicted molar refractivity (Wildman–Crippen MR) is 68.7 cm³/mol. The van der Waals surface area contributed by atoms with Gasteiger partial charge in [0.2, 0.25) is 0 Å². The van der Waals surface area contributed by atoms with E-state index in [0.29, 0.717) is 11.4 Å². The van der Waals surface area contributed by atoms with E-state index in [4.69, 9.17) is 0 Å². The van der Waals surface area contributed by atoms with Gasteiger partial charge in [-0.2, -0.15) is 0 Å². The highest BCUT2D eigenvalue weighted by atomic mass is 19.1. The van der Waals surface area contributed by atoms with Crippen LogP contribution in [0, 0.1) is 5.82 Å². The summed E-state index contributed by atoms with van der Waals surface area (Å²) in [6, 6.07) is 7.42. The van der Waals surface area contributed by atoms with Crippen LogP contribution in [0.2, 0.25) is 0 Å². The molecule has 3 rings (SSSR count). The quantitative estimate of drug-likeness (QED) is 0.682. The molecule has 90 valence electrons. The van der Waals surface area contributed by atoms with Crippen LogP contribution in [0.25, 0.3) is 10.9 Å². The summed E-state index contributed by atoms with van der Waals surface area (Å²) in [4.78, 5) is 3.29. The van der Waals surface area contributed by atoms with Crippen molar-refractivity contribution in [1.29, 1.82) is 0 Å². The Morgan fingerprint density at radius 2 is 1.82 bits per heavy atom. The van der Waals surface area contributed by atoms with Crippen LogP contribution in [0.5, 0.6) is 0 Å². The minimum Gasteiger partial charge on any atom is -0.356 e. The zero-order valence-corrected chi connectivity index (χ0v) is 10.0. The van der Waals surface area contributed by atoms with Crippen LogP contribution in [-0.2, 0) is 0 Å². The van der Waals surface area contributed by atoms with Crippen molar-refractivity contribution in [2.75, 3.05) is 0 Å². The van der Waals surface area contributed by atoms with Crippen LogP contribution in [0.15, 0.2) is 24.3 Å². The molecule has 0 saturated heterocycles. The molecule has 1 heterocycles. The number of nitrogens with one attached hydrogen (secondary N) is 1. The van der Waals surface area contributed by atoms with Crippen LogP contribution < -0.4 is 0 Å². The van der Waals surface area contributed by atoms with Crippen molar-refractivity contribution in [3.63, 3.8) is 0 Å². The monoisotopic (exact) mass is 231 g/mol. The van der Waals surface area contributed by atoms with Crippen molar-refractivity contribution in [3.05, 3.63) is 35.8 Å². The summed E-state index contributed by atoms with van der Waals surface area (Å²) >= 11 is 0. The molecule has 0 atom stereocenters. The van der Waals surface area contributed by atoms with Gasteiger partial charge in [0, 0.05) is 11.1 Å². The lowest BCUT2D eigenvalue weighted by molar-refractivity contribution is 0.580. The van der Waals surface area contributed by atoms with E-state index in [1.807, 2.05) is 6.07 Å². The van der Waals surface area contributed by atoms with Gasteiger partial charge in [-0.25, -0.2) is 4.39 Å². The highest BCUT2D eigenvalue weighted by molar-refractivity contribution is 5.81. The maximum Gasteiger partial charge on any atom is 0.147 e. The summed E-state index contributed by atoms with van der Waals surface area (Å²) in [5.41, 5.74) is 1.90. The molecule has 1 saturated carbocycles. The smallest absolute Gasteiger partial charge is 0.147 e. The molecule has 0 radical (unpaired) electrons. The predicted octanol–water partition coefficient (Wildman–Crippen LogP) is 4.74. The van der Waals surface area contributed by atoms with Crippen molar-refractivity contribution in [3.8, 4) is 0 Å². The molecule has 0 amide bonds. The van der Waals surface area contributed by atoms with Gasteiger partial charge in [-0.15, -0.1) is 0 Å².